The van der Waals surface area contributed by atoms with Crippen LogP contribution in [0, 0.1) is 20.8 Å². The number of phenols is 2. The molecule has 5 nitrogen and oxygen atoms in total. The summed E-state index contributed by atoms with van der Waals surface area (Å²) in [5, 5.41) is 20.2. The van der Waals surface area contributed by atoms with Gasteiger partial charge in [0.25, 0.3) is 0 Å². The van der Waals surface area contributed by atoms with Crippen molar-refractivity contribution in [1.29, 1.82) is 0 Å². The minimum absolute atomic E-state index is 0.0469. The van der Waals surface area contributed by atoms with Gasteiger partial charge in [-0.1, -0.05) is 6.07 Å². The molecule has 2 aromatic rings. The van der Waals surface area contributed by atoms with Gasteiger partial charge in [0.05, 0.1) is 0 Å². The monoisotopic (exact) mass is 384 g/mol. The van der Waals surface area contributed by atoms with E-state index >= 15 is 0 Å². The maximum absolute atomic E-state index is 11.2. The van der Waals surface area contributed by atoms with Crippen LogP contribution in [0.3, 0.4) is 0 Å². The Morgan fingerprint density at radius 3 is 2.57 bits per heavy atom. The average molecular weight is 384 g/mol. The Morgan fingerprint density at radius 1 is 1.18 bits per heavy atom. The number of carbonyl (C=O) groups is 1. The number of benzene rings is 2. The van der Waals surface area contributed by atoms with E-state index in [1.165, 1.54) is 6.92 Å². The highest BCUT2D eigenvalue weighted by Crippen LogP contribution is 2.44. The minimum Gasteiger partial charge on any atom is -0.507 e. The predicted molar refractivity (Wildman–Crippen MR) is 107 cm³/mol. The van der Waals surface area contributed by atoms with Crippen molar-refractivity contribution in [3.8, 4) is 23.0 Å². The lowest BCUT2D eigenvalue weighted by Gasteiger charge is -2.38. The Balaban J connectivity index is 1.79. The van der Waals surface area contributed by atoms with Crippen LogP contribution in [-0.2, 0) is 17.6 Å². The van der Waals surface area contributed by atoms with Gasteiger partial charge in [-0.3, -0.25) is 4.79 Å². The zero-order valence-electron chi connectivity index (χ0n) is 17.2. The van der Waals surface area contributed by atoms with Gasteiger partial charge in [0.1, 0.15) is 17.1 Å². The quantitative estimate of drug-likeness (QED) is 0.592. The zero-order chi connectivity index (χ0) is 20.6. The summed E-state index contributed by atoms with van der Waals surface area (Å²) in [5.41, 5.74) is 4.51. The third-order valence-electron chi connectivity index (χ3n) is 5.81. The molecule has 2 N–H and O–H groups in total. The molecule has 150 valence electrons. The van der Waals surface area contributed by atoms with Crippen LogP contribution < -0.4 is 9.47 Å². The molecule has 0 bridgehead atoms. The van der Waals surface area contributed by atoms with Crippen molar-refractivity contribution in [2.24, 2.45) is 0 Å². The molecule has 1 heterocycles. The fourth-order valence-electron chi connectivity index (χ4n) is 3.83. The van der Waals surface area contributed by atoms with Crippen LogP contribution >= 0.6 is 0 Å². The lowest BCUT2D eigenvalue weighted by Crippen LogP contribution is -2.37. The second kappa shape index (κ2) is 7.38. The largest absolute Gasteiger partial charge is 0.507 e. The Hall–Kier alpha value is -2.69. The molecule has 0 saturated heterocycles. The van der Waals surface area contributed by atoms with E-state index in [0.717, 1.165) is 59.3 Å². The van der Waals surface area contributed by atoms with Crippen molar-refractivity contribution in [1.82, 2.24) is 0 Å². The normalized spacial score (nSPS) is 18.3. The molecule has 0 amide bonds. The molecule has 28 heavy (non-hydrogen) atoms. The predicted octanol–water partition coefficient (Wildman–Crippen LogP) is 4.66. The standard InChI is InChI=1S/C23H28O5/c1-13-14(2)22-18(15(3)21(13)26)9-11-23(5,28-22)10-8-17-6-7-19(25)20(12-17)27-16(4)24/h6-7,12,25-26H,8-11H2,1-5H3. The van der Waals surface area contributed by atoms with Crippen LogP contribution in [0.4, 0.5) is 0 Å². The van der Waals surface area contributed by atoms with Crippen molar-refractivity contribution in [3.05, 3.63) is 46.0 Å². The number of phenolic OH excluding ortho intramolecular Hbond substituents is 2. The Morgan fingerprint density at radius 2 is 1.89 bits per heavy atom. The second-order valence-corrected chi connectivity index (χ2v) is 7.98. The Labute approximate surface area is 165 Å². The van der Waals surface area contributed by atoms with Crippen LogP contribution in [0.25, 0.3) is 0 Å². The highest BCUT2D eigenvalue weighted by molar-refractivity contribution is 5.70. The fourth-order valence-corrected chi connectivity index (χ4v) is 3.83. The Kier molecular flexibility index (Phi) is 5.28. The smallest absolute Gasteiger partial charge is 0.308 e. The molecule has 5 heteroatoms. The minimum atomic E-state index is -0.462. The summed E-state index contributed by atoms with van der Waals surface area (Å²) >= 11 is 0. The highest BCUT2D eigenvalue weighted by Gasteiger charge is 2.34. The van der Waals surface area contributed by atoms with Gasteiger partial charge in [-0.25, -0.2) is 0 Å². The molecule has 0 aliphatic carbocycles. The van der Waals surface area contributed by atoms with Gasteiger partial charge in [0, 0.05) is 12.5 Å². The van der Waals surface area contributed by atoms with Crippen LogP contribution in [0.1, 0.15) is 54.5 Å². The Bertz CT molecular complexity index is 931. The van der Waals surface area contributed by atoms with Crippen LogP contribution in [0.15, 0.2) is 18.2 Å². The van der Waals surface area contributed by atoms with Crippen LogP contribution in [0.2, 0.25) is 0 Å². The number of carbonyl (C=O) groups excluding carboxylic acids is 1. The number of hydrogen-bond donors (Lipinski definition) is 2. The molecular formula is C23H28O5. The number of aryl methyl sites for hydroxylation is 1. The van der Waals surface area contributed by atoms with Gasteiger partial charge in [-0.05, 0) is 87.8 Å². The third kappa shape index (κ3) is 3.79. The number of hydrogen-bond acceptors (Lipinski definition) is 5. The molecule has 1 unspecified atom stereocenters. The fraction of sp³-hybridized carbons (Fsp3) is 0.435. The molecule has 0 fully saturated rings. The van der Waals surface area contributed by atoms with Crippen LogP contribution in [-0.4, -0.2) is 21.8 Å². The summed E-state index contributed by atoms with van der Waals surface area (Å²) in [5.74, 6) is 0.937. The van der Waals surface area contributed by atoms with E-state index in [1.807, 2.05) is 26.8 Å². The topological polar surface area (TPSA) is 76.0 Å². The van der Waals surface area contributed by atoms with Crippen LogP contribution in [0.5, 0.6) is 23.0 Å². The van der Waals surface area contributed by atoms with Gasteiger partial charge in [0.15, 0.2) is 11.5 Å². The van der Waals surface area contributed by atoms with Gasteiger partial charge in [-0.15, -0.1) is 0 Å². The van der Waals surface area contributed by atoms with Gasteiger partial charge >= 0.3 is 5.97 Å². The highest BCUT2D eigenvalue weighted by atomic mass is 16.5. The molecule has 1 atom stereocenters. The summed E-state index contributed by atoms with van der Waals surface area (Å²) < 4.78 is 11.5. The first-order chi connectivity index (χ1) is 13.1. The van der Waals surface area contributed by atoms with E-state index in [9.17, 15) is 15.0 Å². The summed E-state index contributed by atoms with van der Waals surface area (Å²) in [6.45, 7) is 9.27. The summed E-state index contributed by atoms with van der Waals surface area (Å²) in [7, 11) is 0. The molecule has 0 aromatic heterocycles. The maximum atomic E-state index is 11.2. The number of aromatic hydroxyl groups is 2. The molecule has 0 spiro atoms. The average Bonchev–Trinajstić information content (AvgIpc) is 2.65. The molecule has 2 aromatic carbocycles. The van der Waals surface area contributed by atoms with Crippen molar-refractivity contribution >= 4 is 5.97 Å². The number of ether oxygens (including phenoxy) is 2. The van der Waals surface area contributed by atoms with E-state index in [0.29, 0.717) is 5.75 Å². The molecule has 0 radical (unpaired) electrons. The van der Waals surface area contributed by atoms with Crippen molar-refractivity contribution in [3.63, 3.8) is 0 Å². The van der Waals surface area contributed by atoms with E-state index < -0.39 is 5.97 Å². The van der Waals surface area contributed by atoms with Crippen molar-refractivity contribution < 1.29 is 24.5 Å². The van der Waals surface area contributed by atoms with Gasteiger partial charge in [0.2, 0.25) is 0 Å². The van der Waals surface area contributed by atoms with Gasteiger partial charge in [-0.2, -0.15) is 0 Å². The molecule has 1 aliphatic rings. The number of esters is 1. The van der Waals surface area contributed by atoms with E-state index in [-0.39, 0.29) is 17.1 Å². The maximum Gasteiger partial charge on any atom is 0.308 e. The third-order valence-corrected chi connectivity index (χ3v) is 5.81. The first-order valence-corrected chi connectivity index (χ1v) is 9.62. The molecule has 1 aliphatic heterocycles. The second-order valence-electron chi connectivity index (χ2n) is 7.98. The number of fused-ring (bicyclic) bond motifs is 1. The SMILES string of the molecule is CC(=O)Oc1cc(CCC2(C)CCc3c(C)c(O)c(C)c(C)c3O2)ccc1O. The van der Waals surface area contributed by atoms with E-state index in [1.54, 1.807) is 12.1 Å². The summed E-state index contributed by atoms with van der Waals surface area (Å²) in [4.78, 5) is 11.2. The number of rotatable bonds is 4. The molecule has 3 rings (SSSR count). The van der Waals surface area contributed by atoms with Crippen molar-refractivity contribution in [2.45, 2.75) is 65.9 Å². The lowest BCUT2D eigenvalue weighted by atomic mass is 9.84. The van der Waals surface area contributed by atoms with E-state index in [2.05, 4.69) is 6.92 Å². The van der Waals surface area contributed by atoms with Gasteiger partial charge < -0.3 is 19.7 Å². The van der Waals surface area contributed by atoms with E-state index in [4.69, 9.17) is 9.47 Å². The molecule has 0 saturated carbocycles. The summed E-state index contributed by atoms with van der Waals surface area (Å²) in [6, 6.07) is 5.08. The first kappa shape index (κ1) is 20.1. The lowest BCUT2D eigenvalue weighted by molar-refractivity contribution is -0.132. The van der Waals surface area contributed by atoms with Crippen molar-refractivity contribution in [2.75, 3.05) is 0 Å². The zero-order valence-corrected chi connectivity index (χ0v) is 17.2. The first-order valence-electron chi connectivity index (χ1n) is 9.62. The summed E-state index contributed by atoms with van der Waals surface area (Å²) in [6.07, 6.45) is 3.24. The molecular weight excluding hydrogens is 356 g/mol.